The monoisotopic (exact) mass is 268 g/mol. The van der Waals surface area contributed by atoms with Crippen LogP contribution in [0.25, 0.3) is 0 Å². The van der Waals surface area contributed by atoms with Gasteiger partial charge >= 0.3 is 0 Å². The van der Waals surface area contributed by atoms with Gasteiger partial charge in [0.05, 0.1) is 4.90 Å². The molecular weight excluding hydrogens is 248 g/mol. The summed E-state index contributed by atoms with van der Waals surface area (Å²) in [7, 11) is -3.36. The average molecular weight is 268 g/mol. The Kier molecular flexibility index (Phi) is 4.24. The Balaban J connectivity index is 2.27. The van der Waals surface area contributed by atoms with E-state index in [9.17, 15) is 8.42 Å². The Bertz CT molecular complexity index is 512. The van der Waals surface area contributed by atoms with Crippen molar-refractivity contribution in [2.45, 2.75) is 37.5 Å². The predicted molar refractivity (Wildman–Crippen MR) is 73.3 cm³/mol. The molecule has 2 N–H and O–H groups in total. The van der Waals surface area contributed by atoms with Gasteiger partial charge in [-0.05, 0) is 37.0 Å². The Labute approximate surface area is 109 Å². The van der Waals surface area contributed by atoms with E-state index in [2.05, 4.69) is 10.0 Å². The summed E-state index contributed by atoms with van der Waals surface area (Å²) in [5, 5.41) is 3.25. The summed E-state index contributed by atoms with van der Waals surface area (Å²) < 4.78 is 27.2. The standard InChI is InChI=1S/C13H20N2O2S/c1-2-3-10-15-18(16,17)13-8-4-7-12-11(13)6-5-9-14-12/h4,7-8,14-15H,2-3,5-6,9-10H2,1H3. The molecule has 0 aliphatic carbocycles. The smallest absolute Gasteiger partial charge is 0.240 e. The van der Waals surface area contributed by atoms with E-state index in [1.807, 2.05) is 13.0 Å². The van der Waals surface area contributed by atoms with Crippen LogP contribution >= 0.6 is 0 Å². The molecule has 0 radical (unpaired) electrons. The van der Waals surface area contributed by atoms with E-state index in [0.29, 0.717) is 11.4 Å². The zero-order chi connectivity index (χ0) is 13.0. The molecular formula is C13H20N2O2S. The lowest BCUT2D eigenvalue weighted by molar-refractivity contribution is 0.576. The molecule has 1 aromatic rings. The molecule has 0 unspecified atom stereocenters. The van der Waals surface area contributed by atoms with Crippen LogP contribution in [0.3, 0.4) is 0 Å². The second-order valence-electron chi connectivity index (χ2n) is 4.56. The van der Waals surface area contributed by atoms with Crippen molar-refractivity contribution in [3.63, 3.8) is 0 Å². The second kappa shape index (κ2) is 5.71. The first kappa shape index (κ1) is 13.4. The fourth-order valence-electron chi connectivity index (χ4n) is 2.19. The number of benzene rings is 1. The van der Waals surface area contributed by atoms with Gasteiger partial charge in [0.2, 0.25) is 10.0 Å². The van der Waals surface area contributed by atoms with Gasteiger partial charge in [-0.3, -0.25) is 0 Å². The van der Waals surface area contributed by atoms with E-state index in [4.69, 9.17) is 0 Å². The number of hydrogen-bond donors (Lipinski definition) is 2. The topological polar surface area (TPSA) is 58.2 Å². The van der Waals surface area contributed by atoms with Crippen molar-refractivity contribution in [2.75, 3.05) is 18.4 Å². The molecule has 0 bridgehead atoms. The van der Waals surface area contributed by atoms with Crippen molar-refractivity contribution in [1.82, 2.24) is 4.72 Å². The summed E-state index contributed by atoms with van der Waals surface area (Å²) in [4.78, 5) is 0.434. The van der Waals surface area contributed by atoms with E-state index in [0.717, 1.165) is 43.5 Å². The van der Waals surface area contributed by atoms with Gasteiger partial charge in [0.25, 0.3) is 0 Å². The Morgan fingerprint density at radius 1 is 1.39 bits per heavy atom. The highest BCUT2D eigenvalue weighted by Gasteiger charge is 2.21. The molecule has 5 heteroatoms. The molecule has 1 aliphatic heterocycles. The second-order valence-corrected chi connectivity index (χ2v) is 6.30. The molecule has 1 heterocycles. The van der Waals surface area contributed by atoms with Crippen LogP contribution in [0.4, 0.5) is 5.69 Å². The Morgan fingerprint density at radius 3 is 3.00 bits per heavy atom. The largest absolute Gasteiger partial charge is 0.385 e. The fourth-order valence-corrected chi connectivity index (χ4v) is 3.55. The molecule has 1 aromatic carbocycles. The number of rotatable bonds is 5. The van der Waals surface area contributed by atoms with Crippen LogP contribution in [-0.4, -0.2) is 21.5 Å². The lowest BCUT2D eigenvalue weighted by atomic mass is 10.0. The van der Waals surface area contributed by atoms with Crippen molar-refractivity contribution in [3.8, 4) is 0 Å². The molecule has 18 heavy (non-hydrogen) atoms. The van der Waals surface area contributed by atoms with Gasteiger partial charge in [0.1, 0.15) is 0 Å². The maximum absolute atomic E-state index is 12.2. The van der Waals surface area contributed by atoms with Crippen LogP contribution in [0.15, 0.2) is 23.1 Å². The summed E-state index contributed by atoms with van der Waals surface area (Å²) in [6, 6.07) is 5.44. The highest BCUT2D eigenvalue weighted by molar-refractivity contribution is 7.89. The van der Waals surface area contributed by atoms with Crippen molar-refractivity contribution in [2.24, 2.45) is 0 Å². The van der Waals surface area contributed by atoms with Crippen molar-refractivity contribution in [3.05, 3.63) is 23.8 Å². The van der Waals surface area contributed by atoms with E-state index in [1.54, 1.807) is 12.1 Å². The average Bonchev–Trinajstić information content (AvgIpc) is 2.38. The molecule has 100 valence electrons. The maximum atomic E-state index is 12.2. The third-order valence-corrected chi connectivity index (χ3v) is 4.71. The maximum Gasteiger partial charge on any atom is 0.240 e. The lowest BCUT2D eigenvalue weighted by Gasteiger charge is -2.20. The minimum Gasteiger partial charge on any atom is -0.385 e. The normalized spacial score (nSPS) is 14.9. The highest BCUT2D eigenvalue weighted by Crippen LogP contribution is 2.28. The predicted octanol–water partition coefficient (Wildman–Crippen LogP) is 2.12. The molecule has 0 atom stereocenters. The third-order valence-electron chi connectivity index (χ3n) is 3.16. The Morgan fingerprint density at radius 2 is 2.22 bits per heavy atom. The van der Waals surface area contributed by atoms with Crippen molar-refractivity contribution >= 4 is 15.7 Å². The van der Waals surface area contributed by atoms with Gasteiger partial charge in [0, 0.05) is 18.8 Å². The summed E-state index contributed by atoms with van der Waals surface area (Å²) >= 11 is 0. The number of fused-ring (bicyclic) bond motifs is 1. The van der Waals surface area contributed by atoms with Gasteiger partial charge in [-0.1, -0.05) is 19.4 Å². The number of unbranched alkanes of at least 4 members (excludes halogenated alkanes) is 1. The molecule has 0 saturated heterocycles. The van der Waals surface area contributed by atoms with Crippen molar-refractivity contribution < 1.29 is 8.42 Å². The molecule has 2 rings (SSSR count). The lowest BCUT2D eigenvalue weighted by Crippen LogP contribution is -2.27. The number of hydrogen-bond acceptors (Lipinski definition) is 3. The number of anilines is 1. The van der Waals surface area contributed by atoms with Gasteiger partial charge in [0.15, 0.2) is 0 Å². The van der Waals surface area contributed by atoms with Crippen LogP contribution in [-0.2, 0) is 16.4 Å². The van der Waals surface area contributed by atoms with E-state index < -0.39 is 10.0 Å². The molecule has 0 saturated carbocycles. The first-order valence-electron chi connectivity index (χ1n) is 6.50. The van der Waals surface area contributed by atoms with Gasteiger partial charge in [-0.25, -0.2) is 13.1 Å². The van der Waals surface area contributed by atoms with E-state index >= 15 is 0 Å². The quantitative estimate of drug-likeness (QED) is 0.804. The van der Waals surface area contributed by atoms with Gasteiger partial charge < -0.3 is 5.32 Å². The van der Waals surface area contributed by atoms with Crippen LogP contribution in [0.5, 0.6) is 0 Å². The molecule has 1 aliphatic rings. The summed E-state index contributed by atoms with van der Waals surface area (Å²) in [6.07, 6.45) is 3.66. The summed E-state index contributed by atoms with van der Waals surface area (Å²) in [5.41, 5.74) is 1.88. The SMILES string of the molecule is CCCCNS(=O)(=O)c1cccc2c1CCCN2. The first-order chi connectivity index (χ1) is 8.65. The van der Waals surface area contributed by atoms with Crippen LogP contribution in [0.2, 0.25) is 0 Å². The number of sulfonamides is 1. The molecule has 0 fully saturated rings. The van der Waals surface area contributed by atoms with Crippen LogP contribution in [0, 0.1) is 0 Å². The minimum absolute atomic E-state index is 0.434. The zero-order valence-electron chi connectivity index (χ0n) is 10.7. The minimum atomic E-state index is -3.36. The first-order valence-corrected chi connectivity index (χ1v) is 7.99. The molecule has 0 spiro atoms. The van der Waals surface area contributed by atoms with Gasteiger partial charge in [-0.15, -0.1) is 0 Å². The third kappa shape index (κ3) is 2.84. The van der Waals surface area contributed by atoms with Crippen LogP contribution < -0.4 is 10.0 Å². The summed E-state index contributed by atoms with van der Waals surface area (Å²) in [6.45, 7) is 3.47. The van der Waals surface area contributed by atoms with Crippen molar-refractivity contribution in [1.29, 1.82) is 0 Å². The highest BCUT2D eigenvalue weighted by atomic mass is 32.2. The Hall–Kier alpha value is -1.07. The van der Waals surface area contributed by atoms with Crippen LogP contribution in [0.1, 0.15) is 31.7 Å². The van der Waals surface area contributed by atoms with E-state index in [1.165, 1.54) is 0 Å². The van der Waals surface area contributed by atoms with Gasteiger partial charge in [-0.2, -0.15) is 0 Å². The molecule has 0 amide bonds. The zero-order valence-corrected chi connectivity index (χ0v) is 11.5. The summed E-state index contributed by atoms with van der Waals surface area (Å²) in [5.74, 6) is 0. The molecule has 0 aromatic heterocycles. The van der Waals surface area contributed by atoms with E-state index in [-0.39, 0.29) is 0 Å². The fraction of sp³-hybridized carbons (Fsp3) is 0.538. The number of nitrogens with one attached hydrogen (secondary N) is 2. The molecule has 4 nitrogen and oxygen atoms in total.